The Kier molecular flexibility index (Phi) is 9.63. The number of hydrogen-bond donors (Lipinski definition) is 2. The van der Waals surface area contributed by atoms with E-state index in [-0.39, 0.29) is 29.2 Å². The Hall–Kier alpha value is -2.95. The fourth-order valence-corrected chi connectivity index (χ4v) is 6.15. The van der Waals surface area contributed by atoms with E-state index in [0.717, 1.165) is 47.2 Å². The summed E-state index contributed by atoms with van der Waals surface area (Å²) in [5.74, 6) is 2.04. The molecule has 0 saturated carbocycles. The number of amides is 2. The van der Waals surface area contributed by atoms with Crippen molar-refractivity contribution in [2.45, 2.75) is 68.9 Å². The third-order valence-electron chi connectivity index (χ3n) is 6.75. The first-order valence-corrected chi connectivity index (χ1v) is 15.0. The number of carbonyl (C=O) groups excluding carboxylic acids is 2. The molecule has 0 radical (unpaired) electrons. The highest BCUT2D eigenvalue weighted by Gasteiger charge is 2.28. The second-order valence-electron chi connectivity index (χ2n) is 10.7. The smallest absolute Gasteiger partial charge is 0.248 e. The molecule has 1 fully saturated rings. The summed E-state index contributed by atoms with van der Waals surface area (Å²) in [5, 5.41) is 6.54. The van der Waals surface area contributed by atoms with Crippen LogP contribution in [-0.4, -0.2) is 39.8 Å². The first-order valence-electron chi connectivity index (χ1n) is 13.2. The fraction of sp³-hybridized carbons (Fsp3) is 0.448. The molecule has 2 amide bonds. The molecule has 3 aromatic rings. The minimum Gasteiger partial charge on any atom is -0.444 e. The Morgan fingerprint density at radius 3 is 2.67 bits per heavy atom. The predicted octanol–water partition coefficient (Wildman–Crippen LogP) is 6.65. The van der Waals surface area contributed by atoms with Crippen LogP contribution in [0.1, 0.15) is 70.7 Å². The summed E-state index contributed by atoms with van der Waals surface area (Å²) >= 11 is 3.08. The number of anilines is 2. The maximum Gasteiger partial charge on any atom is 0.248 e. The molecule has 0 bridgehead atoms. The van der Waals surface area contributed by atoms with Crippen LogP contribution in [0.15, 0.2) is 57.4 Å². The van der Waals surface area contributed by atoms with Crippen LogP contribution in [-0.2, 0) is 20.8 Å². The van der Waals surface area contributed by atoms with Gasteiger partial charge in [-0.2, -0.15) is 0 Å². The SMILES string of the molecule is C/C=C/C(=O)Nc1cccc(C(C)N2CCC(C(=O)Nc3ncc(SCc4ncc(C(C)(C)C)o4)s3)CC2)c1. The topological polar surface area (TPSA) is 100 Å². The zero-order chi connectivity index (χ0) is 28.0. The lowest BCUT2D eigenvalue weighted by molar-refractivity contribution is -0.121. The number of hydrogen-bond acceptors (Lipinski definition) is 8. The highest BCUT2D eigenvalue weighted by Crippen LogP contribution is 2.33. The number of piperidine rings is 1. The van der Waals surface area contributed by atoms with Gasteiger partial charge in [0.2, 0.25) is 17.7 Å². The van der Waals surface area contributed by atoms with E-state index in [1.165, 1.54) is 17.4 Å². The lowest BCUT2D eigenvalue weighted by Crippen LogP contribution is -2.39. The Bertz CT molecular complexity index is 1300. The van der Waals surface area contributed by atoms with Gasteiger partial charge in [-0.05, 0) is 63.6 Å². The summed E-state index contributed by atoms with van der Waals surface area (Å²) in [4.78, 5) is 36.0. The average molecular weight is 568 g/mol. The number of allylic oxidation sites excluding steroid dienone is 1. The number of nitrogens with one attached hydrogen (secondary N) is 2. The van der Waals surface area contributed by atoms with Crippen molar-refractivity contribution in [1.82, 2.24) is 14.9 Å². The van der Waals surface area contributed by atoms with Crippen LogP contribution in [0.4, 0.5) is 10.8 Å². The first-order chi connectivity index (χ1) is 18.6. The van der Waals surface area contributed by atoms with Gasteiger partial charge < -0.3 is 15.1 Å². The molecule has 3 heterocycles. The minimum atomic E-state index is -0.135. The maximum atomic E-state index is 13.0. The monoisotopic (exact) mass is 567 g/mol. The molecule has 2 aromatic heterocycles. The summed E-state index contributed by atoms with van der Waals surface area (Å²) in [7, 11) is 0. The van der Waals surface area contributed by atoms with E-state index < -0.39 is 0 Å². The van der Waals surface area contributed by atoms with E-state index >= 15 is 0 Å². The third kappa shape index (κ3) is 8.03. The number of rotatable bonds is 9. The van der Waals surface area contributed by atoms with Crippen LogP contribution >= 0.6 is 23.1 Å². The third-order valence-corrected chi connectivity index (χ3v) is 8.84. The minimum absolute atomic E-state index is 0.0319. The van der Waals surface area contributed by atoms with Crippen molar-refractivity contribution in [1.29, 1.82) is 0 Å². The summed E-state index contributed by atoms with van der Waals surface area (Å²) < 4.78 is 6.87. The fourth-order valence-electron chi connectivity index (χ4n) is 4.42. The summed E-state index contributed by atoms with van der Waals surface area (Å²) in [6.45, 7) is 12.0. The van der Waals surface area contributed by atoms with Crippen molar-refractivity contribution in [2.24, 2.45) is 5.92 Å². The number of aromatic nitrogens is 2. The van der Waals surface area contributed by atoms with Gasteiger partial charge in [-0.1, -0.05) is 50.3 Å². The van der Waals surface area contributed by atoms with Gasteiger partial charge in [-0.15, -0.1) is 11.8 Å². The van der Waals surface area contributed by atoms with Crippen molar-refractivity contribution in [2.75, 3.05) is 23.7 Å². The molecule has 10 heteroatoms. The highest BCUT2D eigenvalue weighted by molar-refractivity contribution is 8.00. The van der Waals surface area contributed by atoms with Gasteiger partial charge in [0, 0.05) is 23.1 Å². The van der Waals surface area contributed by atoms with E-state index in [1.807, 2.05) is 25.1 Å². The standard InChI is InChI=1S/C29H37N5O3S2/c1-6-8-24(35)32-22-10-7-9-21(15-22)19(2)34-13-11-20(12-14-34)27(36)33-28-31-17-26(39-28)38-18-25-30-16-23(37-25)29(3,4)5/h6-10,15-17,19-20H,11-14,18H2,1-5H3,(H,32,35)(H,31,33,36)/b8-6+. The van der Waals surface area contributed by atoms with Gasteiger partial charge in [0.1, 0.15) is 5.76 Å². The number of likely N-dealkylation sites (tertiary alicyclic amines) is 1. The van der Waals surface area contributed by atoms with Crippen molar-refractivity contribution >= 4 is 45.7 Å². The number of thioether (sulfide) groups is 1. The molecule has 8 nitrogen and oxygen atoms in total. The van der Waals surface area contributed by atoms with Gasteiger partial charge in [0.25, 0.3) is 0 Å². The second kappa shape index (κ2) is 12.9. The molecule has 208 valence electrons. The molecular weight excluding hydrogens is 530 g/mol. The van der Waals surface area contributed by atoms with Crippen LogP contribution in [0.3, 0.4) is 0 Å². The molecule has 1 aliphatic heterocycles. The van der Waals surface area contributed by atoms with Gasteiger partial charge in [-0.3, -0.25) is 14.5 Å². The second-order valence-corrected chi connectivity index (χ2v) is 13.0. The molecule has 2 N–H and O–H groups in total. The Labute approximate surface area is 238 Å². The molecule has 0 aliphatic carbocycles. The molecule has 0 spiro atoms. The molecule has 4 rings (SSSR count). The quantitative estimate of drug-likeness (QED) is 0.221. The van der Waals surface area contributed by atoms with E-state index in [9.17, 15) is 9.59 Å². The molecule has 1 atom stereocenters. The van der Waals surface area contributed by atoms with Gasteiger partial charge in [-0.25, -0.2) is 9.97 Å². The number of oxazole rings is 1. The van der Waals surface area contributed by atoms with E-state index in [2.05, 4.69) is 59.3 Å². The molecule has 39 heavy (non-hydrogen) atoms. The Morgan fingerprint density at radius 1 is 1.21 bits per heavy atom. The largest absolute Gasteiger partial charge is 0.444 e. The molecule has 1 aliphatic rings. The van der Waals surface area contributed by atoms with Crippen LogP contribution < -0.4 is 10.6 Å². The predicted molar refractivity (Wildman–Crippen MR) is 158 cm³/mol. The van der Waals surface area contributed by atoms with Crippen LogP contribution in [0.2, 0.25) is 0 Å². The number of nitrogens with zero attached hydrogens (tertiary/aromatic N) is 3. The van der Waals surface area contributed by atoms with Crippen LogP contribution in [0, 0.1) is 5.92 Å². The summed E-state index contributed by atoms with van der Waals surface area (Å²) in [6, 6.07) is 8.15. The number of carbonyl (C=O) groups is 2. The highest BCUT2D eigenvalue weighted by atomic mass is 32.2. The molecular formula is C29H37N5O3S2. The molecule has 1 saturated heterocycles. The van der Waals surface area contributed by atoms with Crippen molar-refractivity contribution in [3.05, 3.63) is 66.0 Å². The molecule has 1 unspecified atom stereocenters. The van der Waals surface area contributed by atoms with Gasteiger partial charge in [0.15, 0.2) is 5.13 Å². The zero-order valence-corrected chi connectivity index (χ0v) is 24.8. The summed E-state index contributed by atoms with van der Waals surface area (Å²) in [5.41, 5.74) is 1.86. The van der Waals surface area contributed by atoms with E-state index in [4.69, 9.17) is 4.42 Å². The Balaban J connectivity index is 1.24. The zero-order valence-electron chi connectivity index (χ0n) is 23.2. The van der Waals surface area contributed by atoms with Crippen molar-refractivity contribution < 1.29 is 14.0 Å². The lowest BCUT2D eigenvalue weighted by atomic mass is 9.94. The lowest BCUT2D eigenvalue weighted by Gasteiger charge is -2.35. The van der Waals surface area contributed by atoms with Crippen molar-refractivity contribution in [3.63, 3.8) is 0 Å². The van der Waals surface area contributed by atoms with Crippen molar-refractivity contribution in [3.8, 4) is 0 Å². The normalized spacial score (nSPS) is 15.9. The Morgan fingerprint density at radius 2 is 1.97 bits per heavy atom. The van der Waals surface area contributed by atoms with E-state index in [0.29, 0.717) is 16.8 Å². The van der Waals surface area contributed by atoms with Gasteiger partial charge in [0.05, 0.1) is 22.4 Å². The summed E-state index contributed by atoms with van der Waals surface area (Å²) in [6.07, 6.45) is 8.40. The maximum absolute atomic E-state index is 13.0. The average Bonchev–Trinajstić information content (AvgIpc) is 3.57. The van der Waals surface area contributed by atoms with E-state index in [1.54, 1.807) is 30.2 Å². The van der Waals surface area contributed by atoms with Crippen LogP contribution in [0.25, 0.3) is 0 Å². The number of benzene rings is 1. The van der Waals surface area contributed by atoms with Gasteiger partial charge >= 0.3 is 0 Å². The molecule has 1 aromatic carbocycles. The first kappa shape index (κ1) is 29.0. The van der Waals surface area contributed by atoms with Crippen LogP contribution in [0.5, 0.6) is 0 Å². The number of thiazole rings is 1.